The number of hydrogen-bond donors (Lipinski definition) is 2. The minimum atomic E-state index is -1.21. The first-order valence-corrected chi connectivity index (χ1v) is 13.6. The lowest BCUT2D eigenvalue weighted by Gasteiger charge is -2.44. The van der Waals surface area contributed by atoms with E-state index in [4.69, 9.17) is 4.98 Å². The van der Waals surface area contributed by atoms with E-state index in [1.807, 2.05) is 44.3 Å². The number of pyridine rings is 1. The summed E-state index contributed by atoms with van der Waals surface area (Å²) < 4.78 is 19.1. The van der Waals surface area contributed by atoms with E-state index in [9.17, 15) is 9.32 Å². The van der Waals surface area contributed by atoms with Gasteiger partial charge in [0.25, 0.3) is 0 Å². The van der Waals surface area contributed by atoms with E-state index in [-0.39, 0.29) is 22.8 Å². The van der Waals surface area contributed by atoms with Gasteiger partial charge in [0.15, 0.2) is 5.82 Å². The average molecular weight is 548 g/mol. The molecule has 4 heterocycles. The zero-order chi connectivity index (χ0) is 24.3. The van der Waals surface area contributed by atoms with Crippen LogP contribution in [-0.2, 0) is 24.0 Å². The molecule has 3 aromatic rings. The highest BCUT2D eigenvalue weighted by atomic mass is 79.9. The van der Waals surface area contributed by atoms with Crippen LogP contribution in [0.15, 0.2) is 29.1 Å². The molecule has 2 unspecified atom stereocenters. The van der Waals surface area contributed by atoms with Crippen LogP contribution in [0, 0.1) is 12.3 Å². The fourth-order valence-electron chi connectivity index (χ4n) is 5.33. The van der Waals surface area contributed by atoms with Crippen LogP contribution in [0.1, 0.15) is 62.2 Å². The summed E-state index contributed by atoms with van der Waals surface area (Å²) in [5, 5.41) is 14.4. The number of nitrogens with one attached hydrogen (secondary N) is 1. The standard InChI is InChI=1S/C24H31BrN6O2S/c1-15-21(25)31-19(6-10-27-31)22(28-15)30-11-7-24(8-12-30)13-17-16(5-9-26-18(17)14-32)20(24)29-34(33)23(2,3)4/h5-6,9-10,20,29,32H,7-8,11-14H2,1-4H3. The number of anilines is 1. The van der Waals surface area contributed by atoms with Crippen molar-refractivity contribution in [1.82, 2.24) is 24.3 Å². The van der Waals surface area contributed by atoms with Crippen molar-refractivity contribution in [3.63, 3.8) is 0 Å². The van der Waals surface area contributed by atoms with E-state index in [0.29, 0.717) is 0 Å². The summed E-state index contributed by atoms with van der Waals surface area (Å²) in [6.45, 7) is 9.55. The van der Waals surface area contributed by atoms with Crippen molar-refractivity contribution < 1.29 is 9.32 Å². The predicted molar refractivity (Wildman–Crippen MR) is 137 cm³/mol. The summed E-state index contributed by atoms with van der Waals surface area (Å²) in [6.07, 6.45) is 6.23. The Labute approximate surface area is 210 Å². The Hall–Kier alpha value is -1.88. The van der Waals surface area contributed by atoms with Gasteiger partial charge in [-0.1, -0.05) is 0 Å². The smallest absolute Gasteiger partial charge is 0.155 e. The first-order chi connectivity index (χ1) is 16.1. The second kappa shape index (κ2) is 8.65. The molecule has 182 valence electrons. The number of fused-ring (bicyclic) bond motifs is 2. The number of nitrogens with zero attached hydrogens (tertiary/aromatic N) is 5. The van der Waals surface area contributed by atoms with Gasteiger partial charge < -0.3 is 10.0 Å². The summed E-state index contributed by atoms with van der Waals surface area (Å²) >= 11 is 3.60. The fraction of sp³-hybridized carbons (Fsp3) is 0.542. The number of rotatable bonds is 4. The topological polar surface area (TPSA) is 95.6 Å². The van der Waals surface area contributed by atoms with E-state index in [1.54, 1.807) is 12.4 Å². The summed E-state index contributed by atoms with van der Waals surface area (Å²) in [6, 6.07) is 3.98. The minimum Gasteiger partial charge on any atom is -0.390 e. The minimum absolute atomic E-state index is 0.0485. The summed E-state index contributed by atoms with van der Waals surface area (Å²) in [7, 11) is -1.21. The molecule has 0 aromatic carbocycles. The summed E-state index contributed by atoms with van der Waals surface area (Å²) in [5.74, 6) is 0.948. The molecule has 1 spiro atoms. The number of aromatic nitrogens is 4. The highest BCUT2D eigenvalue weighted by molar-refractivity contribution is 9.10. The van der Waals surface area contributed by atoms with Crippen LogP contribution in [-0.4, -0.2) is 46.7 Å². The monoisotopic (exact) mass is 546 g/mol. The predicted octanol–water partition coefficient (Wildman–Crippen LogP) is 3.62. The quantitative estimate of drug-likeness (QED) is 0.518. The van der Waals surface area contributed by atoms with Crippen LogP contribution >= 0.6 is 15.9 Å². The first kappa shape index (κ1) is 23.8. The third-order valence-corrected chi connectivity index (χ3v) is 9.72. The van der Waals surface area contributed by atoms with Crippen LogP contribution in [0.25, 0.3) is 5.52 Å². The van der Waals surface area contributed by atoms with Gasteiger partial charge in [0, 0.05) is 19.3 Å². The lowest BCUT2D eigenvalue weighted by molar-refractivity contribution is 0.176. The molecule has 2 aliphatic rings. The van der Waals surface area contributed by atoms with E-state index in [0.717, 1.165) is 70.8 Å². The lowest BCUT2D eigenvalue weighted by Crippen LogP contribution is -2.48. The Bertz CT molecular complexity index is 1260. The molecule has 0 bridgehead atoms. The fourth-order valence-corrected chi connectivity index (χ4v) is 6.64. The Morgan fingerprint density at radius 3 is 2.68 bits per heavy atom. The second-order valence-electron chi connectivity index (χ2n) is 10.4. The van der Waals surface area contributed by atoms with Gasteiger partial charge in [-0.2, -0.15) is 5.10 Å². The van der Waals surface area contributed by atoms with Crippen molar-refractivity contribution in [3.05, 3.63) is 51.6 Å². The maximum atomic E-state index is 13.2. The van der Waals surface area contributed by atoms with E-state index in [1.165, 1.54) is 0 Å². The van der Waals surface area contributed by atoms with Crippen LogP contribution in [0.3, 0.4) is 0 Å². The third-order valence-electron chi connectivity index (χ3n) is 7.25. The second-order valence-corrected chi connectivity index (χ2v) is 13.1. The molecule has 0 saturated carbocycles. The molecule has 8 nitrogen and oxygen atoms in total. The molecule has 5 rings (SSSR count). The molecule has 34 heavy (non-hydrogen) atoms. The van der Waals surface area contributed by atoms with Crippen LogP contribution in [0.5, 0.6) is 0 Å². The molecule has 1 aliphatic carbocycles. The van der Waals surface area contributed by atoms with Crippen molar-refractivity contribution in [2.45, 2.75) is 64.4 Å². The van der Waals surface area contributed by atoms with Crippen molar-refractivity contribution >= 4 is 38.3 Å². The molecule has 10 heteroatoms. The average Bonchev–Trinajstić information content (AvgIpc) is 3.40. The maximum Gasteiger partial charge on any atom is 0.155 e. The van der Waals surface area contributed by atoms with Gasteiger partial charge in [-0.25, -0.2) is 18.4 Å². The molecule has 1 fully saturated rings. The number of aryl methyl sites for hydroxylation is 1. The zero-order valence-corrected chi connectivity index (χ0v) is 22.4. The third kappa shape index (κ3) is 3.88. The zero-order valence-electron chi connectivity index (χ0n) is 20.0. The summed E-state index contributed by atoms with van der Waals surface area (Å²) in [5.41, 5.74) is 4.76. The highest BCUT2D eigenvalue weighted by Gasteiger charge is 2.50. The molecule has 3 aromatic heterocycles. The molecular weight excluding hydrogens is 516 g/mol. The Kier molecular flexibility index (Phi) is 6.07. The van der Waals surface area contributed by atoms with Gasteiger partial charge in [0.1, 0.15) is 10.1 Å². The number of piperidine rings is 1. The number of hydrogen-bond acceptors (Lipinski definition) is 6. The van der Waals surface area contributed by atoms with Gasteiger partial charge in [0.2, 0.25) is 0 Å². The van der Waals surface area contributed by atoms with E-state index < -0.39 is 11.0 Å². The Morgan fingerprint density at radius 2 is 2.00 bits per heavy atom. The normalized spacial score (nSPS) is 20.8. The van der Waals surface area contributed by atoms with Gasteiger partial charge in [-0.05, 0) is 91.6 Å². The molecule has 0 radical (unpaired) electrons. The van der Waals surface area contributed by atoms with Crippen LogP contribution < -0.4 is 9.62 Å². The van der Waals surface area contributed by atoms with Crippen molar-refractivity contribution in [3.8, 4) is 0 Å². The van der Waals surface area contributed by atoms with Crippen molar-refractivity contribution in [2.24, 2.45) is 5.41 Å². The van der Waals surface area contributed by atoms with Gasteiger partial charge in [-0.15, -0.1) is 0 Å². The SMILES string of the molecule is Cc1nc(N2CCC3(CC2)Cc2c(ccnc2CO)C3NS(=O)C(C)(C)C)c2ccnn2c1Br. The largest absolute Gasteiger partial charge is 0.390 e. The van der Waals surface area contributed by atoms with Crippen molar-refractivity contribution in [2.75, 3.05) is 18.0 Å². The molecule has 2 atom stereocenters. The lowest BCUT2D eigenvalue weighted by atomic mass is 9.73. The molecule has 0 amide bonds. The Balaban J connectivity index is 1.47. The number of aliphatic hydroxyl groups is 1. The summed E-state index contributed by atoms with van der Waals surface area (Å²) in [4.78, 5) is 11.7. The molecular formula is C24H31BrN6O2S. The number of aliphatic hydroxyl groups excluding tert-OH is 1. The van der Waals surface area contributed by atoms with Crippen LogP contribution in [0.4, 0.5) is 5.82 Å². The van der Waals surface area contributed by atoms with Crippen LogP contribution in [0.2, 0.25) is 0 Å². The molecule has 1 saturated heterocycles. The molecule has 1 aliphatic heterocycles. The van der Waals surface area contributed by atoms with E-state index >= 15 is 0 Å². The molecule has 2 N–H and O–H groups in total. The number of halogens is 1. The Morgan fingerprint density at radius 1 is 1.26 bits per heavy atom. The van der Waals surface area contributed by atoms with E-state index in [2.05, 4.69) is 35.6 Å². The first-order valence-electron chi connectivity index (χ1n) is 11.6. The maximum absolute atomic E-state index is 13.2. The van der Waals surface area contributed by atoms with Gasteiger partial charge in [0.05, 0.1) is 46.0 Å². The van der Waals surface area contributed by atoms with Gasteiger partial charge >= 0.3 is 0 Å². The van der Waals surface area contributed by atoms with Crippen molar-refractivity contribution in [1.29, 1.82) is 0 Å². The highest BCUT2D eigenvalue weighted by Crippen LogP contribution is 2.53. The van der Waals surface area contributed by atoms with Gasteiger partial charge in [-0.3, -0.25) is 4.98 Å².